The lowest BCUT2D eigenvalue weighted by Crippen LogP contribution is -2.39. The van der Waals surface area contributed by atoms with Crippen LogP contribution in [0.2, 0.25) is 0 Å². The van der Waals surface area contributed by atoms with Crippen molar-refractivity contribution in [2.24, 2.45) is 0 Å². The summed E-state index contributed by atoms with van der Waals surface area (Å²) in [5.74, 6) is -0.961. The first-order valence-corrected chi connectivity index (χ1v) is 8.87. The summed E-state index contributed by atoms with van der Waals surface area (Å²) in [5, 5.41) is 0. The first-order chi connectivity index (χ1) is 11.4. The predicted molar refractivity (Wildman–Crippen MR) is 84.5 cm³/mol. The minimum atomic E-state index is -4.57. The minimum absolute atomic E-state index is 0.206. The van der Waals surface area contributed by atoms with E-state index >= 15 is 0 Å². The summed E-state index contributed by atoms with van der Waals surface area (Å²) in [6, 6.07) is 2.07. The van der Waals surface area contributed by atoms with E-state index in [1.807, 2.05) is 0 Å². The van der Waals surface area contributed by atoms with Gasteiger partial charge in [-0.15, -0.1) is 0 Å². The van der Waals surface area contributed by atoms with Crippen molar-refractivity contribution < 1.29 is 26.4 Å². The molecule has 11 heteroatoms. The van der Waals surface area contributed by atoms with E-state index in [9.17, 15) is 31.2 Å². The van der Waals surface area contributed by atoms with Gasteiger partial charge in [-0.3, -0.25) is 9.59 Å². The molecule has 0 bridgehead atoms. The highest BCUT2D eigenvalue weighted by Crippen LogP contribution is 2.16. The number of halogens is 3. The number of sulfonamides is 1. The summed E-state index contributed by atoms with van der Waals surface area (Å²) in [7, 11) is -2.90. The maximum Gasteiger partial charge on any atom is 0.406 e. The van der Waals surface area contributed by atoms with Gasteiger partial charge in [0.25, 0.3) is 5.56 Å². The van der Waals surface area contributed by atoms with Gasteiger partial charge in [0.2, 0.25) is 15.9 Å². The fraction of sp³-hybridized carbons (Fsp3) is 0.571. The summed E-state index contributed by atoms with van der Waals surface area (Å²) in [6.07, 6.45) is -3.60. The van der Waals surface area contributed by atoms with Crippen molar-refractivity contribution >= 4 is 15.9 Å². The minimum Gasteiger partial charge on any atom is -0.335 e. The molecule has 1 amide bonds. The second-order valence-electron chi connectivity index (χ2n) is 5.29. The second kappa shape index (κ2) is 8.00. The number of hydrogen-bond donors (Lipinski definition) is 0. The first kappa shape index (κ1) is 21.2. The van der Waals surface area contributed by atoms with Crippen LogP contribution in [0.5, 0.6) is 0 Å². The highest BCUT2D eigenvalue weighted by atomic mass is 32.2. The molecule has 0 aliphatic rings. The molecule has 0 spiro atoms. The summed E-state index contributed by atoms with van der Waals surface area (Å²) in [6.45, 7) is 1.57. The summed E-state index contributed by atoms with van der Waals surface area (Å²) >= 11 is 0. The number of nitrogens with zero attached hydrogens (tertiary/aromatic N) is 3. The number of aromatic nitrogens is 1. The van der Waals surface area contributed by atoms with E-state index in [1.54, 1.807) is 13.8 Å². The molecule has 0 N–H and O–H groups in total. The highest BCUT2D eigenvalue weighted by Gasteiger charge is 2.31. The molecule has 1 heterocycles. The average molecular weight is 383 g/mol. The lowest BCUT2D eigenvalue weighted by Gasteiger charge is -2.21. The third-order valence-electron chi connectivity index (χ3n) is 3.45. The van der Waals surface area contributed by atoms with Gasteiger partial charge in [-0.25, -0.2) is 8.42 Å². The van der Waals surface area contributed by atoms with Crippen LogP contribution in [0, 0.1) is 0 Å². The quantitative estimate of drug-likeness (QED) is 0.701. The lowest BCUT2D eigenvalue weighted by molar-refractivity contribution is -0.158. The topological polar surface area (TPSA) is 79.7 Å². The van der Waals surface area contributed by atoms with Crippen molar-refractivity contribution in [1.29, 1.82) is 0 Å². The van der Waals surface area contributed by atoms with E-state index in [0.717, 1.165) is 34.2 Å². The van der Waals surface area contributed by atoms with Gasteiger partial charge in [0.15, 0.2) is 0 Å². The van der Waals surface area contributed by atoms with Crippen LogP contribution in [-0.4, -0.2) is 61.0 Å². The molecule has 1 aromatic rings. The largest absolute Gasteiger partial charge is 0.406 e. The molecule has 0 atom stereocenters. The van der Waals surface area contributed by atoms with Crippen LogP contribution in [-0.2, 0) is 21.4 Å². The maximum atomic E-state index is 12.4. The van der Waals surface area contributed by atoms with Gasteiger partial charge < -0.3 is 9.47 Å². The van der Waals surface area contributed by atoms with E-state index in [1.165, 1.54) is 0 Å². The van der Waals surface area contributed by atoms with Crippen molar-refractivity contribution in [3.05, 3.63) is 28.7 Å². The number of rotatable bonds is 7. The maximum absolute atomic E-state index is 12.4. The molecule has 25 heavy (non-hydrogen) atoms. The molecule has 0 unspecified atom stereocenters. The molecule has 7 nitrogen and oxygen atoms in total. The van der Waals surface area contributed by atoms with Crippen LogP contribution in [0.4, 0.5) is 13.2 Å². The Morgan fingerprint density at radius 2 is 1.76 bits per heavy atom. The predicted octanol–water partition coefficient (Wildman–Crippen LogP) is 0.899. The zero-order chi connectivity index (χ0) is 19.4. The Morgan fingerprint density at radius 1 is 1.20 bits per heavy atom. The van der Waals surface area contributed by atoms with Gasteiger partial charge in [0.05, 0.1) is 4.90 Å². The zero-order valence-corrected chi connectivity index (χ0v) is 14.9. The van der Waals surface area contributed by atoms with Gasteiger partial charge in [-0.2, -0.15) is 17.5 Å². The first-order valence-electron chi connectivity index (χ1n) is 7.43. The summed E-state index contributed by atoms with van der Waals surface area (Å²) < 4.78 is 63.8. The number of likely N-dealkylation sites (N-methyl/N-ethyl adjacent to an activating group) is 1. The van der Waals surface area contributed by atoms with Crippen LogP contribution in [0.1, 0.15) is 13.8 Å². The van der Waals surface area contributed by atoms with Gasteiger partial charge in [-0.05, 0) is 6.07 Å². The van der Waals surface area contributed by atoms with Crippen molar-refractivity contribution in [1.82, 2.24) is 13.8 Å². The third-order valence-corrected chi connectivity index (χ3v) is 5.48. The molecule has 0 saturated heterocycles. The molecule has 0 fully saturated rings. The Labute approximate surface area is 143 Å². The van der Waals surface area contributed by atoms with Crippen molar-refractivity contribution in [3.63, 3.8) is 0 Å². The van der Waals surface area contributed by atoms with Crippen LogP contribution in [0.25, 0.3) is 0 Å². The van der Waals surface area contributed by atoms with Crippen LogP contribution in [0.3, 0.4) is 0 Å². The van der Waals surface area contributed by atoms with E-state index in [0.29, 0.717) is 4.90 Å². The van der Waals surface area contributed by atoms with E-state index in [4.69, 9.17) is 0 Å². The van der Waals surface area contributed by atoms with Gasteiger partial charge >= 0.3 is 6.18 Å². The molecule has 142 valence electrons. The number of amides is 1. The summed E-state index contributed by atoms with van der Waals surface area (Å²) in [5.41, 5.74) is -0.688. The molecule has 1 aromatic heterocycles. The Morgan fingerprint density at radius 3 is 2.24 bits per heavy atom. The monoisotopic (exact) mass is 383 g/mol. The van der Waals surface area contributed by atoms with Gasteiger partial charge in [0.1, 0.15) is 13.1 Å². The van der Waals surface area contributed by atoms with Crippen LogP contribution >= 0.6 is 0 Å². The number of carbonyl (C=O) groups is 1. The van der Waals surface area contributed by atoms with Gasteiger partial charge in [-0.1, -0.05) is 13.8 Å². The van der Waals surface area contributed by atoms with E-state index in [2.05, 4.69) is 0 Å². The smallest absolute Gasteiger partial charge is 0.335 e. The third kappa shape index (κ3) is 5.56. The molecule has 0 saturated carbocycles. The number of carbonyl (C=O) groups excluding carboxylic acids is 1. The Balaban J connectivity index is 3.11. The average Bonchev–Trinajstić information content (AvgIpc) is 2.48. The SMILES string of the molecule is CCN(CC)S(=O)(=O)c1ccc(=O)n(CC(=O)N(C)CC(F)(F)F)c1. The molecule has 0 aromatic carbocycles. The van der Waals surface area contributed by atoms with Gasteiger partial charge in [0, 0.05) is 32.4 Å². The van der Waals surface area contributed by atoms with E-state index in [-0.39, 0.29) is 18.0 Å². The van der Waals surface area contributed by atoms with Crippen molar-refractivity contribution in [3.8, 4) is 0 Å². The fourth-order valence-electron chi connectivity index (χ4n) is 2.12. The Kier molecular flexibility index (Phi) is 6.77. The normalized spacial score (nSPS) is 12.4. The molecule has 0 aliphatic carbocycles. The van der Waals surface area contributed by atoms with E-state index < -0.39 is 40.8 Å². The van der Waals surface area contributed by atoms with Crippen LogP contribution in [0.15, 0.2) is 28.0 Å². The molecular weight excluding hydrogens is 363 g/mol. The Hall–Kier alpha value is -1.88. The van der Waals surface area contributed by atoms with Crippen molar-refractivity contribution in [2.75, 3.05) is 26.7 Å². The fourth-order valence-corrected chi connectivity index (χ4v) is 3.60. The number of hydrogen-bond acceptors (Lipinski definition) is 4. The number of alkyl halides is 3. The van der Waals surface area contributed by atoms with Crippen molar-refractivity contribution in [2.45, 2.75) is 31.5 Å². The zero-order valence-electron chi connectivity index (χ0n) is 14.1. The molecule has 0 radical (unpaired) electrons. The standard InChI is InChI=1S/C14H20F3N3O4S/c1-4-20(5-2)25(23,24)11-6-7-12(21)19(8-11)9-13(22)18(3)10-14(15,16)17/h6-8H,4-5,9-10H2,1-3H3. The summed E-state index contributed by atoms with van der Waals surface area (Å²) in [4.78, 5) is 23.9. The molecule has 0 aliphatic heterocycles. The molecular formula is C14H20F3N3O4S. The molecule has 1 rings (SSSR count). The lowest BCUT2D eigenvalue weighted by atomic mass is 10.4. The number of pyridine rings is 1. The van der Waals surface area contributed by atoms with Crippen LogP contribution < -0.4 is 5.56 Å². The Bertz CT molecular complexity index is 770. The highest BCUT2D eigenvalue weighted by molar-refractivity contribution is 7.89. The second-order valence-corrected chi connectivity index (χ2v) is 7.22.